The summed E-state index contributed by atoms with van der Waals surface area (Å²) in [4.78, 5) is 12.4. The van der Waals surface area contributed by atoms with Gasteiger partial charge in [0, 0.05) is 24.3 Å². The lowest BCUT2D eigenvalue weighted by Crippen LogP contribution is -2.25. The van der Waals surface area contributed by atoms with E-state index in [-0.39, 0.29) is 24.0 Å². The first-order valence-corrected chi connectivity index (χ1v) is 13.1. The van der Waals surface area contributed by atoms with E-state index in [4.69, 9.17) is 0 Å². The van der Waals surface area contributed by atoms with Gasteiger partial charge in [-0.2, -0.15) is 0 Å². The molecule has 2 aromatic carbocycles. The Balaban J connectivity index is 1.59. The van der Waals surface area contributed by atoms with Gasteiger partial charge in [-0.3, -0.25) is 4.79 Å². The smallest absolute Gasteiger partial charge is 0.234 e. The number of hydrogen-bond donors (Lipinski definition) is 2. The molecular weight excluding hydrogens is 458 g/mol. The number of anilines is 1. The standard InChI is InChI=1S/C23H27N5O3S2/c1-4-14-24-33(30,31)16-18-10-12-19(13-11-18)25-21(29)15-32-23-27-26-22(28(23)5-2)20-9-7-6-8-17(20)3/h4,6-13,24H,1,5,14-16H2,2-3H3,(H,25,29). The zero-order valence-corrected chi connectivity index (χ0v) is 20.2. The Labute approximate surface area is 198 Å². The SMILES string of the molecule is C=CCNS(=O)(=O)Cc1ccc(NC(=O)CSc2nnc(-c3ccccc3C)n2CC)cc1. The van der Waals surface area contributed by atoms with E-state index in [1.54, 1.807) is 24.3 Å². The van der Waals surface area contributed by atoms with Crippen LogP contribution in [0.25, 0.3) is 11.4 Å². The third-order valence-corrected chi connectivity index (χ3v) is 7.08. The second-order valence-corrected chi connectivity index (χ2v) is 10.0. The topological polar surface area (TPSA) is 106 Å². The number of amides is 1. The number of hydrogen-bond acceptors (Lipinski definition) is 6. The number of thioether (sulfide) groups is 1. The summed E-state index contributed by atoms with van der Waals surface area (Å²) in [5.74, 6) is 0.636. The van der Waals surface area contributed by atoms with Gasteiger partial charge in [0.2, 0.25) is 15.9 Å². The predicted octanol–water partition coefficient (Wildman–Crippen LogP) is 3.61. The molecule has 0 fully saturated rings. The van der Waals surface area contributed by atoms with Gasteiger partial charge in [-0.05, 0) is 37.1 Å². The maximum absolute atomic E-state index is 12.4. The first kappa shape index (κ1) is 24.7. The Morgan fingerprint density at radius 2 is 1.88 bits per heavy atom. The number of aromatic nitrogens is 3. The Morgan fingerprint density at radius 1 is 1.15 bits per heavy atom. The molecule has 1 aromatic heterocycles. The van der Waals surface area contributed by atoms with Crippen LogP contribution in [0.1, 0.15) is 18.1 Å². The number of carbonyl (C=O) groups is 1. The summed E-state index contributed by atoms with van der Waals surface area (Å²) in [6.07, 6.45) is 1.49. The van der Waals surface area contributed by atoms with Crippen LogP contribution in [0.4, 0.5) is 5.69 Å². The molecule has 0 aliphatic heterocycles. The molecule has 3 rings (SSSR count). The molecule has 0 atom stereocenters. The maximum Gasteiger partial charge on any atom is 0.234 e. The normalized spacial score (nSPS) is 11.3. The molecule has 1 heterocycles. The van der Waals surface area contributed by atoms with Crippen LogP contribution < -0.4 is 10.0 Å². The first-order chi connectivity index (χ1) is 15.8. The Morgan fingerprint density at radius 3 is 2.55 bits per heavy atom. The second-order valence-electron chi connectivity index (χ2n) is 7.30. The van der Waals surface area contributed by atoms with Crippen molar-refractivity contribution in [3.05, 3.63) is 72.3 Å². The average molecular weight is 486 g/mol. The molecule has 0 unspecified atom stereocenters. The van der Waals surface area contributed by atoms with Crippen LogP contribution in [0, 0.1) is 6.92 Å². The first-order valence-electron chi connectivity index (χ1n) is 10.4. The zero-order valence-electron chi connectivity index (χ0n) is 18.6. The van der Waals surface area contributed by atoms with Gasteiger partial charge < -0.3 is 9.88 Å². The molecule has 10 heteroatoms. The third-order valence-electron chi connectivity index (χ3n) is 4.79. The van der Waals surface area contributed by atoms with E-state index in [0.717, 1.165) is 17.0 Å². The Hall–Kier alpha value is -2.95. The molecule has 0 saturated carbocycles. The summed E-state index contributed by atoms with van der Waals surface area (Å²) < 4.78 is 28.3. The van der Waals surface area contributed by atoms with E-state index in [2.05, 4.69) is 26.8 Å². The van der Waals surface area contributed by atoms with Crippen molar-refractivity contribution in [2.45, 2.75) is 31.3 Å². The fourth-order valence-corrected chi connectivity index (χ4v) is 5.08. The molecule has 0 spiro atoms. The number of sulfonamides is 1. The van der Waals surface area contributed by atoms with Crippen molar-refractivity contribution in [2.24, 2.45) is 0 Å². The van der Waals surface area contributed by atoms with Gasteiger partial charge >= 0.3 is 0 Å². The summed E-state index contributed by atoms with van der Waals surface area (Å²) in [6.45, 7) is 8.42. The molecule has 3 aromatic rings. The highest BCUT2D eigenvalue weighted by atomic mass is 32.2. The summed E-state index contributed by atoms with van der Waals surface area (Å²) in [6, 6.07) is 14.7. The van der Waals surface area contributed by atoms with Crippen molar-refractivity contribution in [1.29, 1.82) is 0 Å². The number of rotatable bonds is 11. The fourth-order valence-electron chi connectivity index (χ4n) is 3.17. The van der Waals surface area contributed by atoms with Gasteiger partial charge in [0.05, 0.1) is 11.5 Å². The van der Waals surface area contributed by atoms with Crippen molar-refractivity contribution in [1.82, 2.24) is 19.5 Å². The monoisotopic (exact) mass is 485 g/mol. The van der Waals surface area contributed by atoms with Gasteiger partial charge in [-0.1, -0.05) is 54.2 Å². The molecule has 8 nitrogen and oxygen atoms in total. The van der Waals surface area contributed by atoms with Gasteiger partial charge in [0.25, 0.3) is 0 Å². The second kappa shape index (κ2) is 11.3. The molecule has 174 valence electrons. The Bertz CT molecular complexity index is 1220. The lowest BCUT2D eigenvalue weighted by Gasteiger charge is -2.10. The van der Waals surface area contributed by atoms with Crippen molar-refractivity contribution in [3.8, 4) is 11.4 Å². The molecule has 0 saturated heterocycles. The quantitative estimate of drug-likeness (QED) is 0.317. The van der Waals surface area contributed by atoms with Crippen LogP contribution in [0.2, 0.25) is 0 Å². The molecule has 1 amide bonds. The van der Waals surface area contributed by atoms with E-state index in [9.17, 15) is 13.2 Å². The van der Waals surface area contributed by atoms with Gasteiger partial charge in [-0.15, -0.1) is 16.8 Å². The van der Waals surface area contributed by atoms with E-state index in [0.29, 0.717) is 23.0 Å². The predicted molar refractivity (Wildman–Crippen MR) is 132 cm³/mol. The van der Waals surface area contributed by atoms with E-state index < -0.39 is 10.0 Å². The summed E-state index contributed by atoms with van der Waals surface area (Å²) in [5, 5.41) is 12.1. The van der Waals surface area contributed by atoms with E-state index >= 15 is 0 Å². The van der Waals surface area contributed by atoms with Crippen LogP contribution in [-0.4, -0.2) is 41.4 Å². The van der Waals surface area contributed by atoms with Crippen LogP contribution in [0.3, 0.4) is 0 Å². The van der Waals surface area contributed by atoms with Crippen molar-refractivity contribution < 1.29 is 13.2 Å². The number of benzene rings is 2. The Kier molecular flexibility index (Phi) is 8.43. The summed E-state index contributed by atoms with van der Waals surface area (Å²) in [5.41, 5.74) is 3.35. The van der Waals surface area contributed by atoms with Crippen molar-refractivity contribution >= 4 is 33.4 Å². The molecule has 0 aliphatic carbocycles. The highest BCUT2D eigenvalue weighted by Gasteiger charge is 2.16. The zero-order chi connectivity index (χ0) is 23.8. The number of carbonyl (C=O) groups excluding carboxylic acids is 1. The van der Waals surface area contributed by atoms with Gasteiger partial charge in [0.1, 0.15) is 0 Å². The molecular formula is C23H27N5O3S2. The lowest BCUT2D eigenvalue weighted by atomic mass is 10.1. The number of nitrogens with one attached hydrogen (secondary N) is 2. The lowest BCUT2D eigenvalue weighted by molar-refractivity contribution is -0.113. The minimum absolute atomic E-state index is 0.138. The van der Waals surface area contributed by atoms with Crippen LogP contribution in [0.5, 0.6) is 0 Å². The average Bonchev–Trinajstić information content (AvgIpc) is 3.20. The van der Waals surface area contributed by atoms with Crippen LogP contribution in [-0.2, 0) is 27.1 Å². The van der Waals surface area contributed by atoms with Crippen molar-refractivity contribution in [3.63, 3.8) is 0 Å². The fraction of sp³-hybridized carbons (Fsp3) is 0.261. The maximum atomic E-state index is 12.4. The third kappa shape index (κ3) is 6.77. The van der Waals surface area contributed by atoms with Crippen molar-refractivity contribution in [2.75, 3.05) is 17.6 Å². The molecule has 2 N–H and O–H groups in total. The number of nitrogens with zero attached hydrogens (tertiary/aromatic N) is 3. The number of aryl methyl sites for hydroxylation is 1. The summed E-state index contributed by atoms with van der Waals surface area (Å²) >= 11 is 1.32. The molecule has 0 aliphatic rings. The molecule has 0 radical (unpaired) electrons. The van der Waals surface area contributed by atoms with E-state index in [1.807, 2.05) is 42.7 Å². The van der Waals surface area contributed by atoms with Gasteiger partial charge in [0.15, 0.2) is 11.0 Å². The van der Waals surface area contributed by atoms with Crippen LogP contribution >= 0.6 is 11.8 Å². The van der Waals surface area contributed by atoms with E-state index in [1.165, 1.54) is 17.8 Å². The summed E-state index contributed by atoms with van der Waals surface area (Å²) in [7, 11) is -3.43. The van der Waals surface area contributed by atoms with Gasteiger partial charge in [-0.25, -0.2) is 13.1 Å². The highest BCUT2D eigenvalue weighted by Crippen LogP contribution is 2.26. The highest BCUT2D eigenvalue weighted by molar-refractivity contribution is 7.99. The van der Waals surface area contributed by atoms with Crippen LogP contribution in [0.15, 0.2) is 66.3 Å². The minimum atomic E-state index is -3.43. The molecule has 33 heavy (non-hydrogen) atoms. The molecule has 0 bridgehead atoms. The minimum Gasteiger partial charge on any atom is -0.325 e. The largest absolute Gasteiger partial charge is 0.325 e.